The lowest BCUT2D eigenvalue weighted by Crippen LogP contribution is -2.51. The van der Waals surface area contributed by atoms with Crippen molar-refractivity contribution < 1.29 is 8.68 Å². The summed E-state index contributed by atoms with van der Waals surface area (Å²) in [7, 11) is 4.24. The maximum Gasteiger partial charge on any atom is 0.233 e. The highest BCUT2D eigenvalue weighted by Crippen LogP contribution is 2.19. The summed E-state index contributed by atoms with van der Waals surface area (Å²) in [5.41, 5.74) is 0.950. The van der Waals surface area contributed by atoms with E-state index in [4.69, 9.17) is 0 Å². The van der Waals surface area contributed by atoms with E-state index in [1.54, 1.807) is 0 Å². The molecule has 11 heavy (non-hydrogen) atoms. The second-order valence-corrected chi connectivity index (χ2v) is 4.53. The number of quaternary nitrogens is 1. The SMILES string of the molecule is CN1CC[N+](C)(SC=O)CC1. The lowest BCUT2D eigenvalue weighted by Gasteiger charge is -2.36. The van der Waals surface area contributed by atoms with Crippen LogP contribution in [0.15, 0.2) is 0 Å². The molecule has 0 amide bonds. The van der Waals surface area contributed by atoms with Gasteiger partial charge in [-0.2, -0.15) is 0 Å². The first-order chi connectivity index (χ1) is 5.16. The molecule has 0 atom stereocenters. The summed E-state index contributed by atoms with van der Waals surface area (Å²) in [4.78, 5) is 12.6. The third-order valence-electron chi connectivity index (χ3n) is 2.21. The van der Waals surface area contributed by atoms with Gasteiger partial charge < -0.3 is 0 Å². The molecule has 0 spiro atoms. The molecule has 0 bridgehead atoms. The Morgan fingerprint density at radius 1 is 1.45 bits per heavy atom. The van der Waals surface area contributed by atoms with Gasteiger partial charge in [0.15, 0.2) is 0 Å². The third-order valence-corrected chi connectivity index (χ3v) is 3.17. The predicted octanol–water partition coefficient (Wildman–Crippen LogP) is 0.217. The van der Waals surface area contributed by atoms with Gasteiger partial charge >= 0.3 is 0 Å². The van der Waals surface area contributed by atoms with Crippen LogP contribution in [-0.4, -0.2) is 54.7 Å². The molecule has 0 aliphatic carbocycles. The predicted molar refractivity (Wildman–Crippen MR) is 47.8 cm³/mol. The van der Waals surface area contributed by atoms with E-state index in [0.29, 0.717) is 0 Å². The van der Waals surface area contributed by atoms with Gasteiger partial charge in [-0.05, 0) is 7.05 Å². The molecule has 1 aliphatic heterocycles. The van der Waals surface area contributed by atoms with E-state index in [1.807, 2.05) is 0 Å². The molecule has 1 aliphatic rings. The minimum Gasteiger partial charge on any atom is -0.295 e. The third kappa shape index (κ3) is 2.47. The number of hydrogen-bond donors (Lipinski definition) is 0. The maximum absolute atomic E-state index is 10.3. The van der Waals surface area contributed by atoms with Crippen LogP contribution >= 0.6 is 11.9 Å². The van der Waals surface area contributed by atoms with Crippen molar-refractivity contribution in [1.82, 2.24) is 4.90 Å². The summed E-state index contributed by atoms with van der Waals surface area (Å²) in [6.45, 7) is 4.33. The molecule has 4 heteroatoms. The van der Waals surface area contributed by atoms with Crippen molar-refractivity contribution in [2.45, 2.75) is 0 Å². The minimum atomic E-state index is 0.841. The van der Waals surface area contributed by atoms with Crippen molar-refractivity contribution in [2.24, 2.45) is 0 Å². The van der Waals surface area contributed by atoms with Gasteiger partial charge in [0, 0.05) is 13.1 Å². The van der Waals surface area contributed by atoms with Gasteiger partial charge in [0.25, 0.3) is 0 Å². The highest BCUT2D eigenvalue weighted by Gasteiger charge is 2.28. The topological polar surface area (TPSA) is 20.3 Å². The van der Waals surface area contributed by atoms with Crippen molar-refractivity contribution in [3.8, 4) is 0 Å². The average molecular weight is 175 g/mol. The van der Waals surface area contributed by atoms with E-state index in [1.165, 1.54) is 11.9 Å². The van der Waals surface area contributed by atoms with E-state index in [9.17, 15) is 4.79 Å². The summed E-state index contributed by atoms with van der Waals surface area (Å²) in [6.07, 6.45) is 0. The molecule has 64 valence electrons. The summed E-state index contributed by atoms with van der Waals surface area (Å²) >= 11 is 1.39. The zero-order valence-electron chi connectivity index (χ0n) is 7.12. The molecule has 1 heterocycles. The Morgan fingerprint density at radius 3 is 2.45 bits per heavy atom. The molecule has 0 aromatic heterocycles. The zero-order chi connectivity index (χ0) is 8.32. The van der Waals surface area contributed by atoms with Crippen LogP contribution < -0.4 is 0 Å². The van der Waals surface area contributed by atoms with Gasteiger partial charge in [0.2, 0.25) is 5.62 Å². The molecule has 0 saturated carbocycles. The van der Waals surface area contributed by atoms with Gasteiger partial charge in [0.1, 0.15) is 25.0 Å². The highest BCUT2D eigenvalue weighted by molar-refractivity contribution is 8.06. The average Bonchev–Trinajstić information content (AvgIpc) is 1.97. The number of likely N-dealkylation sites (N-methyl/N-ethyl adjacent to an activating group) is 2. The summed E-state index contributed by atoms with van der Waals surface area (Å²) in [5.74, 6) is 0. The zero-order valence-corrected chi connectivity index (χ0v) is 7.93. The van der Waals surface area contributed by atoms with Gasteiger partial charge in [-0.1, -0.05) is 0 Å². The second-order valence-electron chi connectivity index (χ2n) is 3.25. The summed E-state index contributed by atoms with van der Waals surface area (Å²) < 4.78 is 0.841. The van der Waals surface area contributed by atoms with Gasteiger partial charge in [-0.15, -0.1) is 0 Å². The molecule has 1 rings (SSSR count). The van der Waals surface area contributed by atoms with E-state index in [-0.39, 0.29) is 0 Å². The fourth-order valence-corrected chi connectivity index (χ4v) is 1.78. The first kappa shape index (κ1) is 9.03. The Balaban J connectivity index is 2.41. The van der Waals surface area contributed by atoms with Crippen molar-refractivity contribution in [1.29, 1.82) is 0 Å². The van der Waals surface area contributed by atoms with E-state index in [0.717, 1.165) is 35.7 Å². The lowest BCUT2D eigenvalue weighted by atomic mass is 10.4. The molecular formula is C7H15N2OS+. The van der Waals surface area contributed by atoms with Gasteiger partial charge in [-0.3, -0.25) is 13.6 Å². The van der Waals surface area contributed by atoms with Crippen molar-refractivity contribution in [3.63, 3.8) is 0 Å². The first-order valence-corrected chi connectivity index (χ1v) is 4.65. The number of carbonyl (C=O) groups excluding carboxylic acids is 1. The van der Waals surface area contributed by atoms with Gasteiger partial charge in [0.05, 0.1) is 7.05 Å². The Labute approximate surface area is 72.1 Å². The highest BCUT2D eigenvalue weighted by atomic mass is 32.2. The lowest BCUT2D eigenvalue weighted by molar-refractivity contribution is -0.778. The van der Waals surface area contributed by atoms with Crippen LogP contribution in [0.3, 0.4) is 0 Å². The Kier molecular flexibility index (Phi) is 2.92. The van der Waals surface area contributed by atoms with Crippen LogP contribution in [-0.2, 0) is 4.79 Å². The second kappa shape index (κ2) is 3.56. The van der Waals surface area contributed by atoms with Crippen LogP contribution in [0, 0.1) is 0 Å². The van der Waals surface area contributed by atoms with Gasteiger partial charge in [-0.25, -0.2) is 0 Å². The summed E-state index contributed by atoms with van der Waals surface area (Å²) in [6, 6.07) is 0. The number of nitrogens with zero attached hydrogens (tertiary/aromatic N) is 2. The quantitative estimate of drug-likeness (QED) is 0.340. The van der Waals surface area contributed by atoms with Crippen molar-refractivity contribution in [3.05, 3.63) is 0 Å². The molecule has 3 nitrogen and oxygen atoms in total. The standard InChI is InChI=1S/C7H15N2OS/c1-8-3-5-9(2,6-4-8)11-7-10/h7H,3-6H2,1-2H3/q+1. The monoisotopic (exact) mass is 175 g/mol. The summed E-state index contributed by atoms with van der Waals surface area (Å²) in [5, 5.41) is 0. The van der Waals surface area contributed by atoms with Crippen LogP contribution in [0.1, 0.15) is 0 Å². The normalized spacial score (nSPS) is 24.9. The molecule has 0 radical (unpaired) electrons. The molecule has 0 N–H and O–H groups in total. The number of hydrogen-bond acceptors (Lipinski definition) is 3. The van der Waals surface area contributed by atoms with E-state index < -0.39 is 0 Å². The van der Waals surface area contributed by atoms with Crippen LogP contribution in [0.5, 0.6) is 0 Å². The largest absolute Gasteiger partial charge is 0.295 e. The van der Waals surface area contributed by atoms with Crippen LogP contribution in [0.4, 0.5) is 0 Å². The number of carbonyl (C=O) groups is 1. The Morgan fingerprint density at radius 2 is 2.00 bits per heavy atom. The molecule has 0 unspecified atom stereocenters. The minimum absolute atomic E-state index is 0.841. The Hall–Kier alpha value is -0.0600. The van der Waals surface area contributed by atoms with Crippen molar-refractivity contribution >= 4 is 17.6 Å². The molecular weight excluding hydrogens is 160 g/mol. The van der Waals surface area contributed by atoms with Crippen molar-refractivity contribution in [2.75, 3.05) is 40.3 Å². The molecule has 1 fully saturated rings. The number of rotatable bonds is 2. The molecule has 0 aromatic carbocycles. The number of piperazine rings is 1. The maximum atomic E-state index is 10.3. The van der Waals surface area contributed by atoms with E-state index >= 15 is 0 Å². The molecule has 1 saturated heterocycles. The fraction of sp³-hybridized carbons (Fsp3) is 0.857. The fourth-order valence-electron chi connectivity index (χ4n) is 1.20. The smallest absolute Gasteiger partial charge is 0.233 e. The Bertz CT molecular complexity index is 143. The van der Waals surface area contributed by atoms with Crippen LogP contribution in [0.2, 0.25) is 0 Å². The first-order valence-electron chi connectivity index (χ1n) is 3.81. The molecule has 0 aromatic rings. The van der Waals surface area contributed by atoms with Crippen LogP contribution in [0.25, 0.3) is 0 Å². The van der Waals surface area contributed by atoms with E-state index in [2.05, 4.69) is 19.0 Å².